The fraction of sp³-hybridized carbons (Fsp3) is 0.400. The molecular formula is C10H14NO2+. The van der Waals surface area contributed by atoms with Crippen LogP contribution in [0.1, 0.15) is 24.2 Å². The van der Waals surface area contributed by atoms with Crippen LogP contribution in [0.15, 0.2) is 24.5 Å². The summed E-state index contributed by atoms with van der Waals surface area (Å²) in [5.41, 5.74) is 0.590. The zero-order chi connectivity index (χ0) is 9.84. The van der Waals surface area contributed by atoms with Gasteiger partial charge >= 0.3 is 5.97 Å². The first-order valence-corrected chi connectivity index (χ1v) is 4.26. The van der Waals surface area contributed by atoms with Crippen LogP contribution in [0.4, 0.5) is 0 Å². The predicted molar refractivity (Wildman–Crippen MR) is 48.2 cm³/mol. The number of nitrogens with zero attached hydrogens (tertiary/aromatic N) is 1. The number of carbonyl (C=O) groups excluding carboxylic acids is 1. The summed E-state index contributed by atoms with van der Waals surface area (Å²) < 4.78 is 6.90. The maximum Gasteiger partial charge on any atom is 0.338 e. The minimum absolute atomic E-state index is 0.0681. The van der Waals surface area contributed by atoms with Crippen LogP contribution in [0.25, 0.3) is 0 Å². The molecule has 0 aromatic carbocycles. The summed E-state index contributed by atoms with van der Waals surface area (Å²) in [6, 6.07) is 3.48. The summed E-state index contributed by atoms with van der Waals surface area (Å²) >= 11 is 0. The average Bonchev–Trinajstić information content (AvgIpc) is 2.04. The van der Waals surface area contributed by atoms with Gasteiger partial charge in [-0.25, -0.2) is 9.36 Å². The standard InChI is InChI=1S/C10H14NO2/c1-8(2)13-10(12)9-4-6-11(3)7-5-9/h4-8H,1-3H3/q+1. The number of hydrogen-bond donors (Lipinski definition) is 0. The van der Waals surface area contributed by atoms with Gasteiger partial charge in [-0.15, -0.1) is 0 Å². The fourth-order valence-corrected chi connectivity index (χ4v) is 0.919. The van der Waals surface area contributed by atoms with Crippen molar-refractivity contribution in [2.24, 2.45) is 7.05 Å². The Bertz CT molecular complexity index is 290. The van der Waals surface area contributed by atoms with Gasteiger partial charge in [-0.3, -0.25) is 0 Å². The summed E-state index contributed by atoms with van der Waals surface area (Å²) in [7, 11) is 1.90. The lowest BCUT2D eigenvalue weighted by atomic mass is 10.3. The molecule has 0 spiro atoms. The summed E-state index contributed by atoms with van der Waals surface area (Å²) in [5.74, 6) is -0.268. The molecule has 0 fully saturated rings. The van der Waals surface area contributed by atoms with Crippen LogP contribution in [-0.2, 0) is 11.8 Å². The van der Waals surface area contributed by atoms with E-state index in [0.29, 0.717) is 5.56 Å². The van der Waals surface area contributed by atoms with Crippen LogP contribution in [0.3, 0.4) is 0 Å². The number of carbonyl (C=O) groups is 1. The van der Waals surface area contributed by atoms with Gasteiger partial charge in [-0.1, -0.05) is 0 Å². The highest BCUT2D eigenvalue weighted by Crippen LogP contribution is 2.00. The molecule has 0 aliphatic heterocycles. The molecule has 3 nitrogen and oxygen atoms in total. The molecule has 13 heavy (non-hydrogen) atoms. The Morgan fingerprint density at radius 1 is 1.38 bits per heavy atom. The Kier molecular flexibility index (Phi) is 3.01. The van der Waals surface area contributed by atoms with E-state index in [4.69, 9.17) is 4.74 Å². The Balaban J connectivity index is 2.72. The lowest BCUT2D eigenvalue weighted by Crippen LogP contribution is -2.26. The van der Waals surface area contributed by atoms with E-state index >= 15 is 0 Å². The van der Waals surface area contributed by atoms with Crippen LogP contribution in [0.2, 0.25) is 0 Å². The van der Waals surface area contributed by atoms with Gasteiger partial charge in [0, 0.05) is 12.1 Å². The number of aromatic nitrogens is 1. The first kappa shape index (κ1) is 9.71. The molecule has 0 radical (unpaired) electrons. The third-order valence-electron chi connectivity index (χ3n) is 1.56. The third kappa shape index (κ3) is 2.86. The number of rotatable bonds is 2. The maximum absolute atomic E-state index is 11.3. The van der Waals surface area contributed by atoms with Crippen molar-refractivity contribution in [1.29, 1.82) is 0 Å². The van der Waals surface area contributed by atoms with Gasteiger partial charge in [0.25, 0.3) is 0 Å². The van der Waals surface area contributed by atoms with Crippen molar-refractivity contribution < 1.29 is 14.1 Å². The van der Waals surface area contributed by atoms with Crippen molar-refractivity contribution in [3.8, 4) is 0 Å². The molecule has 0 bridgehead atoms. The van der Waals surface area contributed by atoms with Crippen LogP contribution in [-0.4, -0.2) is 12.1 Å². The lowest BCUT2D eigenvalue weighted by Gasteiger charge is -2.06. The van der Waals surface area contributed by atoms with Crippen molar-refractivity contribution in [3.63, 3.8) is 0 Å². The number of esters is 1. The zero-order valence-electron chi connectivity index (χ0n) is 8.15. The lowest BCUT2D eigenvalue weighted by molar-refractivity contribution is -0.671. The van der Waals surface area contributed by atoms with Gasteiger partial charge in [0.1, 0.15) is 7.05 Å². The molecule has 70 valence electrons. The second-order valence-electron chi connectivity index (χ2n) is 3.21. The topological polar surface area (TPSA) is 30.2 Å². The van der Waals surface area contributed by atoms with Crippen molar-refractivity contribution in [2.45, 2.75) is 20.0 Å². The largest absolute Gasteiger partial charge is 0.459 e. The van der Waals surface area contributed by atoms with Gasteiger partial charge in [0.05, 0.1) is 11.7 Å². The normalized spacial score (nSPS) is 10.2. The van der Waals surface area contributed by atoms with Gasteiger partial charge in [-0.2, -0.15) is 0 Å². The Morgan fingerprint density at radius 3 is 2.38 bits per heavy atom. The molecule has 0 N–H and O–H groups in total. The second kappa shape index (κ2) is 4.03. The monoisotopic (exact) mass is 180 g/mol. The highest BCUT2D eigenvalue weighted by molar-refractivity contribution is 5.89. The van der Waals surface area contributed by atoms with E-state index in [2.05, 4.69) is 0 Å². The van der Waals surface area contributed by atoms with Crippen LogP contribution in [0, 0.1) is 0 Å². The molecule has 0 atom stereocenters. The molecule has 3 heteroatoms. The van der Waals surface area contributed by atoms with E-state index in [-0.39, 0.29) is 12.1 Å². The number of hydrogen-bond acceptors (Lipinski definition) is 2. The second-order valence-corrected chi connectivity index (χ2v) is 3.21. The Hall–Kier alpha value is -1.38. The third-order valence-corrected chi connectivity index (χ3v) is 1.56. The van der Waals surface area contributed by atoms with Crippen LogP contribution >= 0.6 is 0 Å². The minimum Gasteiger partial charge on any atom is -0.459 e. The first-order chi connectivity index (χ1) is 6.09. The molecule has 0 unspecified atom stereocenters. The molecule has 0 saturated carbocycles. The minimum atomic E-state index is -0.268. The predicted octanol–water partition coefficient (Wildman–Crippen LogP) is 1.08. The SMILES string of the molecule is CC(C)OC(=O)c1cc[n+](C)cc1. The highest BCUT2D eigenvalue weighted by atomic mass is 16.5. The van der Waals surface area contributed by atoms with Crippen molar-refractivity contribution in [1.82, 2.24) is 0 Å². The van der Waals surface area contributed by atoms with Gasteiger partial charge in [-0.05, 0) is 13.8 Å². The summed E-state index contributed by atoms with van der Waals surface area (Å²) in [6.07, 6.45) is 3.56. The first-order valence-electron chi connectivity index (χ1n) is 4.26. The van der Waals surface area contributed by atoms with Gasteiger partial charge in [0.2, 0.25) is 0 Å². The molecule has 0 amide bonds. The molecule has 1 rings (SSSR count). The van der Waals surface area contributed by atoms with Crippen LogP contribution < -0.4 is 4.57 Å². The van der Waals surface area contributed by atoms with Crippen molar-refractivity contribution in [2.75, 3.05) is 0 Å². The maximum atomic E-state index is 11.3. The van der Waals surface area contributed by atoms with Crippen molar-refractivity contribution in [3.05, 3.63) is 30.1 Å². The molecule has 0 aliphatic carbocycles. The Labute approximate surface area is 78.0 Å². The zero-order valence-corrected chi connectivity index (χ0v) is 8.15. The van der Waals surface area contributed by atoms with E-state index in [1.54, 1.807) is 12.1 Å². The molecule has 0 aliphatic rings. The fourth-order valence-electron chi connectivity index (χ4n) is 0.919. The van der Waals surface area contributed by atoms with Gasteiger partial charge < -0.3 is 4.74 Å². The van der Waals surface area contributed by atoms with Crippen LogP contribution in [0.5, 0.6) is 0 Å². The molecule has 1 aromatic heterocycles. The Morgan fingerprint density at radius 2 is 1.92 bits per heavy atom. The number of ether oxygens (including phenoxy) is 1. The quantitative estimate of drug-likeness (QED) is 0.503. The average molecular weight is 180 g/mol. The summed E-state index contributed by atoms with van der Waals surface area (Å²) in [5, 5.41) is 0. The molecule has 1 aromatic rings. The number of pyridine rings is 1. The van der Waals surface area contributed by atoms with E-state index in [9.17, 15) is 4.79 Å². The van der Waals surface area contributed by atoms with E-state index < -0.39 is 0 Å². The van der Waals surface area contributed by atoms with E-state index in [1.807, 2.05) is 37.9 Å². The summed E-state index contributed by atoms with van der Waals surface area (Å²) in [6.45, 7) is 3.67. The highest BCUT2D eigenvalue weighted by Gasteiger charge is 2.09. The van der Waals surface area contributed by atoms with Crippen molar-refractivity contribution >= 4 is 5.97 Å². The summed E-state index contributed by atoms with van der Waals surface area (Å²) in [4.78, 5) is 11.3. The van der Waals surface area contributed by atoms with Gasteiger partial charge in [0.15, 0.2) is 12.4 Å². The van der Waals surface area contributed by atoms with E-state index in [0.717, 1.165) is 0 Å². The molecule has 1 heterocycles. The molecular weight excluding hydrogens is 166 g/mol. The van der Waals surface area contributed by atoms with E-state index in [1.165, 1.54) is 0 Å². The molecule has 0 saturated heterocycles. The number of aryl methyl sites for hydroxylation is 1. The smallest absolute Gasteiger partial charge is 0.338 e.